The zero-order valence-corrected chi connectivity index (χ0v) is 11.0. The standard InChI is InChI=1S/C13H12BrNO2/c1-9-6-7-12(17-9)13(16)15-8-10-4-2-3-5-11(10)14/h2-7H,8H2,1H3,(H,15,16). The van der Waals surface area contributed by atoms with Gasteiger partial charge in [-0.1, -0.05) is 34.1 Å². The Bertz CT molecular complexity index is 534. The predicted molar refractivity (Wildman–Crippen MR) is 68.8 cm³/mol. The molecule has 0 bridgehead atoms. The van der Waals surface area contributed by atoms with Crippen molar-refractivity contribution in [2.24, 2.45) is 0 Å². The molecule has 1 N–H and O–H groups in total. The van der Waals surface area contributed by atoms with Crippen LogP contribution in [0.15, 0.2) is 45.3 Å². The number of halogens is 1. The minimum atomic E-state index is -0.200. The molecule has 1 aromatic heterocycles. The molecule has 0 saturated heterocycles. The van der Waals surface area contributed by atoms with Gasteiger partial charge in [-0.3, -0.25) is 4.79 Å². The Labute approximate surface area is 108 Å². The lowest BCUT2D eigenvalue weighted by Crippen LogP contribution is -2.22. The number of hydrogen-bond donors (Lipinski definition) is 1. The summed E-state index contributed by atoms with van der Waals surface area (Å²) in [6, 6.07) is 11.2. The largest absolute Gasteiger partial charge is 0.456 e. The number of carbonyl (C=O) groups excluding carboxylic acids is 1. The van der Waals surface area contributed by atoms with Crippen LogP contribution in [0.3, 0.4) is 0 Å². The molecule has 0 aliphatic carbocycles. The SMILES string of the molecule is Cc1ccc(C(=O)NCc2ccccc2Br)o1. The second kappa shape index (κ2) is 5.19. The van der Waals surface area contributed by atoms with Gasteiger partial charge >= 0.3 is 0 Å². The third-order valence-electron chi connectivity index (χ3n) is 2.36. The maximum Gasteiger partial charge on any atom is 0.287 e. The minimum Gasteiger partial charge on any atom is -0.456 e. The second-order valence-electron chi connectivity index (χ2n) is 3.68. The highest BCUT2D eigenvalue weighted by atomic mass is 79.9. The molecule has 1 aromatic carbocycles. The summed E-state index contributed by atoms with van der Waals surface area (Å²) in [7, 11) is 0. The lowest BCUT2D eigenvalue weighted by Gasteiger charge is -2.05. The van der Waals surface area contributed by atoms with Crippen molar-refractivity contribution in [3.63, 3.8) is 0 Å². The van der Waals surface area contributed by atoms with Gasteiger partial charge in [-0.25, -0.2) is 0 Å². The number of furan rings is 1. The topological polar surface area (TPSA) is 42.2 Å². The van der Waals surface area contributed by atoms with Gasteiger partial charge in [0.25, 0.3) is 5.91 Å². The number of amides is 1. The predicted octanol–water partition coefficient (Wildman–Crippen LogP) is 3.28. The highest BCUT2D eigenvalue weighted by Gasteiger charge is 2.09. The third kappa shape index (κ3) is 2.97. The first-order chi connectivity index (χ1) is 8.16. The minimum absolute atomic E-state index is 0.200. The zero-order valence-electron chi connectivity index (χ0n) is 9.37. The Hall–Kier alpha value is -1.55. The summed E-state index contributed by atoms with van der Waals surface area (Å²) < 4.78 is 6.22. The van der Waals surface area contributed by atoms with Crippen LogP contribution in [0.2, 0.25) is 0 Å². The Morgan fingerprint density at radius 1 is 1.29 bits per heavy atom. The van der Waals surface area contributed by atoms with Crippen LogP contribution in [0, 0.1) is 6.92 Å². The first-order valence-electron chi connectivity index (χ1n) is 5.25. The maximum atomic E-state index is 11.7. The van der Waals surface area contributed by atoms with E-state index in [1.54, 1.807) is 12.1 Å². The van der Waals surface area contributed by atoms with Gasteiger partial charge in [-0.2, -0.15) is 0 Å². The first-order valence-corrected chi connectivity index (χ1v) is 6.04. The van der Waals surface area contributed by atoms with Crippen LogP contribution in [0.1, 0.15) is 21.9 Å². The normalized spacial score (nSPS) is 10.2. The van der Waals surface area contributed by atoms with E-state index < -0.39 is 0 Å². The van der Waals surface area contributed by atoms with Crippen LogP contribution in [0.5, 0.6) is 0 Å². The molecular weight excluding hydrogens is 282 g/mol. The number of carbonyl (C=O) groups is 1. The zero-order chi connectivity index (χ0) is 12.3. The number of rotatable bonds is 3. The van der Waals surface area contributed by atoms with Crippen molar-refractivity contribution < 1.29 is 9.21 Å². The molecule has 2 aromatic rings. The van der Waals surface area contributed by atoms with Crippen molar-refractivity contribution in [1.82, 2.24) is 5.32 Å². The van der Waals surface area contributed by atoms with Crippen molar-refractivity contribution in [1.29, 1.82) is 0 Å². The van der Waals surface area contributed by atoms with Gasteiger partial charge in [0.2, 0.25) is 0 Å². The summed E-state index contributed by atoms with van der Waals surface area (Å²) in [6.07, 6.45) is 0. The average molecular weight is 294 g/mol. The molecular formula is C13H12BrNO2. The van der Waals surface area contributed by atoms with E-state index in [1.807, 2.05) is 31.2 Å². The lowest BCUT2D eigenvalue weighted by molar-refractivity contribution is 0.0922. The highest BCUT2D eigenvalue weighted by Crippen LogP contribution is 2.15. The molecule has 0 saturated carbocycles. The Kier molecular flexibility index (Phi) is 3.64. The summed E-state index contributed by atoms with van der Waals surface area (Å²) in [5.41, 5.74) is 1.03. The number of hydrogen-bond acceptors (Lipinski definition) is 2. The van der Waals surface area contributed by atoms with Gasteiger partial charge in [0.15, 0.2) is 5.76 Å². The van der Waals surface area contributed by atoms with Crippen molar-refractivity contribution in [3.8, 4) is 0 Å². The molecule has 0 radical (unpaired) electrons. The van der Waals surface area contributed by atoms with Crippen LogP contribution in [0.25, 0.3) is 0 Å². The molecule has 2 rings (SSSR count). The Morgan fingerprint density at radius 3 is 2.71 bits per heavy atom. The second-order valence-corrected chi connectivity index (χ2v) is 4.54. The molecule has 0 aliphatic heterocycles. The molecule has 1 amide bonds. The summed E-state index contributed by atoms with van der Waals surface area (Å²) in [6.45, 7) is 2.28. The molecule has 0 unspecified atom stereocenters. The first kappa shape index (κ1) is 11.9. The highest BCUT2D eigenvalue weighted by molar-refractivity contribution is 9.10. The summed E-state index contributed by atoms with van der Waals surface area (Å²) >= 11 is 3.43. The monoisotopic (exact) mass is 293 g/mol. The van der Waals surface area contributed by atoms with Gasteiger partial charge in [0.05, 0.1) is 0 Å². The molecule has 0 fully saturated rings. The molecule has 0 atom stereocenters. The number of aryl methyl sites for hydroxylation is 1. The van der Waals surface area contributed by atoms with E-state index in [2.05, 4.69) is 21.2 Å². The van der Waals surface area contributed by atoms with Crippen LogP contribution < -0.4 is 5.32 Å². The summed E-state index contributed by atoms with van der Waals surface area (Å²) in [4.78, 5) is 11.7. The van der Waals surface area contributed by atoms with E-state index in [-0.39, 0.29) is 5.91 Å². The van der Waals surface area contributed by atoms with E-state index in [0.717, 1.165) is 15.8 Å². The fourth-order valence-corrected chi connectivity index (χ4v) is 1.89. The average Bonchev–Trinajstić information content (AvgIpc) is 2.74. The molecule has 3 nitrogen and oxygen atoms in total. The van der Waals surface area contributed by atoms with Crippen LogP contribution >= 0.6 is 15.9 Å². The Balaban J connectivity index is 1.99. The van der Waals surface area contributed by atoms with E-state index in [0.29, 0.717) is 12.3 Å². The quantitative estimate of drug-likeness (QED) is 0.944. The van der Waals surface area contributed by atoms with E-state index in [4.69, 9.17) is 4.42 Å². The number of benzene rings is 1. The molecule has 1 heterocycles. The van der Waals surface area contributed by atoms with Crippen LogP contribution in [0.4, 0.5) is 0 Å². The van der Waals surface area contributed by atoms with Gasteiger partial charge in [0, 0.05) is 11.0 Å². The van der Waals surface area contributed by atoms with Crippen LogP contribution in [-0.2, 0) is 6.54 Å². The molecule has 0 spiro atoms. The van der Waals surface area contributed by atoms with Crippen molar-refractivity contribution >= 4 is 21.8 Å². The molecule has 88 valence electrons. The maximum absolute atomic E-state index is 11.7. The number of nitrogens with one attached hydrogen (secondary N) is 1. The summed E-state index contributed by atoms with van der Waals surface area (Å²) in [5, 5.41) is 2.81. The Morgan fingerprint density at radius 2 is 2.06 bits per heavy atom. The van der Waals surface area contributed by atoms with Gasteiger partial charge in [-0.15, -0.1) is 0 Å². The van der Waals surface area contributed by atoms with Crippen molar-refractivity contribution in [2.75, 3.05) is 0 Å². The van der Waals surface area contributed by atoms with E-state index >= 15 is 0 Å². The van der Waals surface area contributed by atoms with Gasteiger partial charge < -0.3 is 9.73 Å². The van der Waals surface area contributed by atoms with Crippen LogP contribution in [-0.4, -0.2) is 5.91 Å². The van der Waals surface area contributed by atoms with Gasteiger partial charge in [-0.05, 0) is 30.7 Å². The molecule has 0 aliphatic rings. The van der Waals surface area contributed by atoms with E-state index in [9.17, 15) is 4.79 Å². The summed E-state index contributed by atoms with van der Waals surface area (Å²) in [5.74, 6) is 0.874. The smallest absolute Gasteiger partial charge is 0.287 e. The van der Waals surface area contributed by atoms with Crippen molar-refractivity contribution in [3.05, 3.63) is 58.0 Å². The third-order valence-corrected chi connectivity index (χ3v) is 3.14. The lowest BCUT2D eigenvalue weighted by atomic mass is 10.2. The van der Waals surface area contributed by atoms with Gasteiger partial charge in [0.1, 0.15) is 5.76 Å². The fraction of sp³-hybridized carbons (Fsp3) is 0.154. The fourth-order valence-electron chi connectivity index (χ4n) is 1.46. The van der Waals surface area contributed by atoms with Crippen molar-refractivity contribution in [2.45, 2.75) is 13.5 Å². The van der Waals surface area contributed by atoms with E-state index in [1.165, 1.54) is 0 Å². The molecule has 17 heavy (non-hydrogen) atoms. The molecule has 4 heteroatoms.